The zero-order chi connectivity index (χ0) is 24.7. The van der Waals surface area contributed by atoms with Gasteiger partial charge >= 0.3 is 0 Å². The van der Waals surface area contributed by atoms with E-state index < -0.39 is 5.91 Å². The van der Waals surface area contributed by atoms with E-state index in [9.17, 15) is 9.59 Å². The molecule has 11 heteroatoms. The zero-order valence-electron chi connectivity index (χ0n) is 19.4. The van der Waals surface area contributed by atoms with Gasteiger partial charge in [-0.2, -0.15) is 5.10 Å². The number of fused-ring (bicyclic) bond motifs is 1. The number of anilines is 1. The number of pyridine rings is 1. The number of aromatic nitrogens is 4. The summed E-state index contributed by atoms with van der Waals surface area (Å²) in [6, 6.07) is 6.96. The summed E-state index contributed by atoms with van der Waals surface area (Å²) in [5.41, 5.74) is 15.5. The third-order valence-corrected chi connectivity index (χ3v) is 7.05. The molecule has 5 rings (SSSR count). The van der Waals surface area contributed by atoms with Gasteiger partial charge in [0.25, 0.3) is 0 Å². The molecule has 1 aliphatic rings. The standard InChI is InChI=1S/C24H26N8O2S/c1-13(25)10-15-14(21(26)33)11-18(30-22(15)31-7-6-19(31)24(34)27-2)16-12-28-32-8-5-17(29-23(16)32)20-4-3-9-35-20/h3-5,8-9,11-13,19H,6-7,10,25H2,1-2H3,(H2,26,33)(H,27,34)/t13-,19-/m0/s1. The van der Waals surface area contributed by atoms with E-state index in [1.165, 1.54) is 0 Å². The van der Waals surface area contributed by atoms with Gasteiger partial charge in [0.1, 0.15) is 11.9 Å². The maximum absolute atomic E-state index is 12.6. The Balaban J connectivity index is 1.69. The van der Waals surface area contributed by atoms with Crippen molar-refractivity contribution in [3.8, 4) is 21.8 Å². The lowest BCUT2D eigenvalue weighted by Crippen LogP contribution is -2.56. The lowest BCUT2D eigenvalue weighted by Gasteiger charge is -2.42. The largest absolute Gasteiger partial charge is 0.366 e. The first kappa shape index (κ1) is 22.9. The van der Waals surface area contributed by atoms with Crippen molar-refractivity contribution in [2.75, 3.05) is 18.5 Å². The monoisotopic (exact) mass is 490 g/mol. The highest BCUT2D eigenvalue weighted by Crippen LogP contribution is 2.35. The topological polar surface area (TPSA) is 145 Å². The van der Waals surface area contributed by atoms with Crippen molar-refractivity contribution in [3.05, 3.63) is 53.2 Å². The quantitative estimate of drug-likeness (QED) is 0.358. The molecule has 1 fully saturated rings. The average molecular weight is 491 g/mol. The summed E-state index contributed by atoms with van der Waals surface area (Å²) < 4.78 is 1.67. The molecule has 0 saturated carbocycles. The third-order valence-electron chi connectivity index (χ3n) is 6.15. The number of rotatable bonds is 7. The summed E-state index contributed by atoms with van der Waals surface area (Å²) in [6.07, 6.45) is 4.61. The summed E-state index contributed by atoms with van der Waals surface area (Å²) >= 11 is 1.60. The normalized spacial score (nSPS) is 16.2. The van der Waals surface area contributed by atoms with Crippen LogP contribution in [0.15, 0.2) is 42.0 Å². The lowest BCUT2D eigenvalue weighted by molar-refractivity contribution is -0.123. The number of carbonyl (C=O) groups is 2. The molecule has 180 valence electrons. The van der Waals surface area contributed by atoms with Gasteiger partial charge in [-0.3, -0.25) is 9.59 Å². The molecule has 1 saturated heterocycles. The van der Waals surface area contributed by atoms with Crippen LogP contribution >= 0.6 is 11.3 Å². The number of amides is 2. The van der Waals surface area contributed by atoms with E-state index in [1.54, 1.807) is 35.2 Å². The van der Waals surface area contributed by atoms with Crippen molar-refractivity contribution in [2.45, 2.75) is 31.8 Å². The van der Waals surface area contributed by atoms with Crippen LogP contribution in [0.1, 0.15) is 29.3 Å². The fourth-order valence-electron chi connectivity index (χ4n) is 4.37. The summed E-state index contributed by atoms with van der Waals surface area (Å²) in [5, 5.41) is 9.13. The number of nitrogens with two attached hydrogens (primary N) is 2. The summed E-state index contributed by atoms with van der Waals surface area (Å²) in [6.45, 7) is 2.49. The van der Waals surface area contributed by atoms with Gasteiger partial charge < -0.3 is 21.7 Å². The van der Waals surface area contributed by atoms with E-state index in [-0.39, 0.29) is 18.0 Å². The zero-order valence-corrected chi connectivity index (χ0v) is 20.2. The van der Waals surface area contributed by atoms with Gasteiger partial charge in [-0.05, 0) is 43.3 Å². The van der Waals surface area contributed by atoms with E-state index in [0.29, 0.717) is 53.2 Å². The number of nitrogens with zero attached hydrogens (tertiary/aromatic N) is 5. The molecule has 1 aliphatic heterocycles. The Hall–Kier alpha value is -3.83. The van der Waals surface area contributed by atoms with Crippen molar-refractivity contribution in [1.82, 2.24) is 24.9 Å². The number of hydrogen-bond donors (Lipinski definition) is 3. The summed E-state index contributed by atoms with van der Waals surface area (Å²) in [7, 11) is 1.61. The van der Waals surface area contributed by atoms with Crippen LogP contribution in [-0.4, -0.2) is 57.1 Å². The Morgan fingerprint density at radius 3 is 2.74 bits per heavy atom. The second-order valence-corrected chi connectivity index (χ2v) is 9.58. The minimum Gasteiger partial charge on any atom is -0.366 e. The molecule has 0 aliphatic carbocycles. The molecule has 2 amide bonds. The molecule has 0 spiro atoms. The van der Waals surface area contributed by atoms with Gasteiger partial charge in [-0.15, -0.1) is 11.3 Å². The third kappa shape index (κ3) is 4.13. The lowest BCUT2D eigenvalue weighted by atomic mass is 9.95. The van der Waals surface area contributed by atoms with E-state index in [4.69, 9.17) is 21.4 Å². The molecule has 0 unspecified atom stereocenters. The van der Waals surface area contributed by atoms with E-state index in [1.807, 2.05) is 41.6 Å². The van der Waals surface area contributed by atoms with Crippen LogP contribution in [0, 0.1) is 0 Å². The average Bonchev–Trinajstić information content (AvgIpc) is 3.48. The van der Waals surface area contributed by atoms with Crippen molar-refractivity contribution in [3.63, 3.8) is 0 Å². The molecule has 4 aromatic heterocycles. The Kier molecular flexibility index (Phi) is 5.95. The van der Waals surface area contributed by atoms with Gasteiger partial charge in [0.05, 0.1) is 28.0 Å². The second kappa shape index (κ2) is 9.08. The van der Waals surface area contributed by atoms with Crippen LogP contribution in [0.4, 0.5) is 5.82 Å². The van der Waals surface area contributed by atoms with Gasteiger partial charge in [-0.1, -0.05) is 6.07 Å². The smallest absolute Gasteiger partial charge is 0.249 e. The summed E-state index contributed by atoms with van der Waals surface area (Å²) in [5.74, 6) is -0.137. The minimum absolute atomic E-state index is 0.103. The van der Waals surface area contributed by atoms with Gasteiger partial charge in [0, 0.05) is 37.0 Å². The Morgan fingerprint density at radius 2 is 2.11 bits per heavy atom. The van der Waals surface area contributed by atoms with Crippen molar-refractivity contribution >= 4 is 34.6 Å². The molecular weight excluding hydrogens is 464 g/mol. The second-order valence-electron chi connectivity index (χ2n) is 8.63. The molecular formula is C24H26N8O2S. The van der Waals surface area contributed by atoms with Gasteiger partial charge in [0.2, 0.25) is 11.8 Å². The van der Waals surface area contributed by atoms with Crippen molar-refractivity contribution in [1.29, 1.82) is 0 Å². The fraction of sp³-hybridized carbons (Fsp3) is 0.292. The first-order chi connectivity index (χ1) is 16.9. The molecule has 2 atom stereocenters. The number of thiophene rings is 1. The number of hydrogen-bond acceptors (Lipinski definition) is 8. The highest BCUT2D eigenvalue weighted by molar-refractivity contribution is 7.13. The van der Waals surface area contributed by atoms with E-state index in [2.05, 4.69) is 10.4 Å². The Morgan fingerprint density at radius 1 is 1.29 bits per heavy atom. The highest BCUT2D eigenvalue weighted by Gasteiger charge is 2.37. The van der Waals surface area contributed by atoms with Crippen molar-refractivity contribution in [2.24, 2.45) is 11.5 Å². The molecule has 35 heavy (non-hydrogen) atoms. The molecule has 0 aromatic carbocycles. The molecule has 0 bridgehead atoms. The molecule has 5 N–H and O–H groups in total. The van der Waals surface area contributed by atoms with Gasteiger partial charge in [-0.25, -0.2) is 14.5 Å². The first-order valence-electron chi connectivity index (χ1n) is 11.3. The maximum Gasteiger partial charge on any atom is 0.249 e. The van der Waals surface area contributed by atoms with Crippen LogP contribution in [0.25, 0.3) is 27.5 Å². The van der Waals surface area contributed by atoms with E-state index >= 15 is 0 Å². The molecule has 5 heterocycles. The predicted octanol–water partition coefficient (Wildman–Crippen LogP) is 1.83. The minimum atomic E-state index is -0.578. The molecule has 4 aromatic rings. The van der Waals surface area contributed by atoms with Crippen LogP contribution in [0.3, 0.4) is 0 Å². The van der Waals surface area contributed by atoms with Crippen LogP contribution < -0.4 is 21.7 Å². The van der Waals surface area contributed by atoms with Crippen molar-refractivity contribution < 1.29 is 9.59 Å². The Bertz CT molecular complexity index is 1410. The predicted molar refractivity (Wildman–Crippen MR) is 135 cm³/mol. The Labute approximate surface area is 206 Å². The molecule has 10 nitrogen and oxygen atoms in total. The number of primary amides is 1. The van der Waals surface area contributed by atoms with Gasteiger partial charge in [0.15, 0.2) is 5.65 Å². The van der Waals surface area contributed by atoms with Crippen LogP contribution in [0.2, 0.25) is 0 Å². The number of nitrogens with one attached hydrogen (secondary N) is 1. The summed E-state index contributed by atoms with van der Waals surface area (Å²) in [4.78, 5) is 37.7. The molecule has 0 radical (unpaired) electrons. The highest BCUT2D eigenvalue weighted by atomic mass is 32.1. The van der Waals surface area contributed by atoms with Crippen LogP contribution in [-0.2, 0) is 11.2 Å². The SMILES string of the molecule is CNC(=O)[C@@H]1CCN1c1nc(-c2cnn3ccc(-c4cccs4)nc23)cc(C(N)=O)c1C[C@H](C)N. The number of likely N-dealkylation sites (N-methyl/N-ethyl adjacent to an activating group) is 1. The first-order valence-corrected chi connectivity index (χ1v) is 12.2. The maximum atomic E-state index is 12.6. The van der Waals surface area contributed by atoms with Crippen LogP contribution in [0.5, 0.6) is 0 Å². The van der Waals surface area contributed by atoms with E-state index in [0.717, 1.165) is 10.6 Å². The fourth-order valence-corrected chi connectivity index (χ4v) is 5.06. The number of carbonyl (C=O) groups excluding carboxylic acids is 2.